The minimum absolute atomic E-state index is 0.0767. The zero-order valence-corrected chi connectivity index (χ0v) is 12.9. The van der Waals surface area contributed by atoms with Crippen LogP contribution in [0.4, 0.5) is 19.0 Å². The lowest BCUT2D eigenvalue weighted by atomic mass is 10.2. The van der Waals surface area contributed by atoms with Gasteiger partial charge in [0.25, 0.3) is 5.91 Å². The number of ether oxygens (including phenoxy) is 1. The van der Waals surface area contributed by atoms with Gasteiger partial charge in [0, 0.05) is 5.56 Å². The fourth-order valence-corrected chi connectivity index (χ4v) is 2.89. The van der Waals surface area contributed by atoms with E-state index in [0.29, 0.717) is 10.2 Å². The molecule has 0 bridgehead atoms. The first kappa shape index (κ1) is 16.8. The quantitative estimate of drug-likeness (QED) is 0.651. The first-order chi connectivity index (χ1) is 11.7. The minimum atomic E-state index is -4.81. The van der Waals surface area contributed by atoms with Gasteiger partial charge < -0.3 is 15.2 Å². The molecule has 3 rings (SSSR count). The Bertz CT molecular complexity index is 947. The lowest BCUT2D eigenvalue weighted by Gasteiger charge is -2.09. The molecule has 130 valence electrons. The van der Waals surface area contributed by atoms with Crippen molar-refractivity contribution in [3.8, 4) is 5.75 Å². The summed E-state index contributed by atoms with van der Waals surface area (Å²) < 4.78 is 40.5. The first-order valence-electron chi connectivity index (χ1n) is 6.61. The van der Waals surface area contributed by atoms with Gasteiger partial charge >= 0.3 is 12.3 Å². The number of benzene rings is 1. The lowest BCUT2D eigenvalue weighted by Crippen LogP contribution is -2.17. The van der Waals surface area contributed by atoms with Crippen molar-refractivity contribution < 1.29 is 32.6 Å². The van der Waals surface area contributed by atoms with Crippen molar-refractivity contribution in [1.29, 1.82) is 0 Å². The molecule has 3 N–H and O–H groups in total. The number of rotatable bonds is 4. The Labute approximate surface area is 141 Å². The van der Waals surface area contributed by atoms with Gasteiger partial charge in [-0.2, -0.15) is 5.10 Å². The molecule has 3 aromatic rings. The van der Waals surface area contributed by atoms with Crippen molar-refractivity contribution in [1.82, 2.24) is 10.2 Å². The lowest BCUT2D eigenvalue weighted by molar-refractivity contribution is -0.274. The summed E-state index contributed by atoms with van der Waals surface area (Å²) in [4.78, 5) is 23.2. The van der Waals surface area contributed by atoms with Crippen molar-refractivity contribution in [2.45, 2.75) is 6.36 Å². The van der Waals surface area contributed by atoms with E-state index in [-0.39, 0.29) is 16.3 Å². The molecule has 0 spiro atoms. The first-order valence-corrected chi connectivity index (χ1v) is 7.43. The van der Waals surface area contributed by atoms with Crippen molar-refractivity contribution in [3.63, 3.8) is 0 Å². The number of fused-ring (bicyclic) bond motifs is 1. The molecule has 2 aromatic heterocycles. The van der Waals surface area contributed by atoms with Gasteiger partial charge in [-0.05, 0) is 30.3 Å². The van der Waals surface area contributed by atoms with Crippen LogP contribution in [0.1, 0.15) is 20.0 Å². The Morgan fingerprint density at radius 2 is 1.92 bits per heavy atom. The maximum Gasteiger partial charge on any atom is 0.573 e. The molecule has 0 saturated carbocycles. The molecule has 1 aromatic carbocycles. The number of hydrogen-bond acceptors (Lipinski definition) is 5. The van der Waals surface area contributed by atoms with Crippen LogP contribution in [0.15, 0.2) is 30.3 Å². The molecule has 0 atom stereocenters. The van der Waals surface area contributed by atoms with E-state index in [1.807, 2.05) is 0 Å². The zero-order chi connectivity index (χ0) is 18.2. The zero-order valence-electron chi connectivity index (χ0n) is 12.0. The summed E-state index contributed by atoms with van der Waals surface area (Å²) in [5.74, 6) is -2.03. The van der Waals surface area contributed by atoms with Crippen LogP contribution in [0.2, 0.25) is 0 Å². The number of nitrogens with zero attached hydrogens (tertiary/aromatic N) is 1. The molecular weight excluding hydrogens is 363 g/mol. The number of hydrogen-bond donors (Lipinski definition) is 3. The summed E-state index contributed by atoms with van der Waals surface area (Å²) in [7, 11) is 0. The van der Waals surface area contributed by atoms with E-state index in [1.165, 1.54) is 6.07 Å². The van der Waals surface area contributed by atoms with Crippen molar-refractivity contribution >= 4 is 39.2 Å². The molecule has 0 unspecified atom stereocenters. The molecule has 0 aliphatic carbocycles. The van der Waals surface area contributed by atoms with E-state index in [2.05, 4.69) is 20.3 Å². The SMILES string of the molecule is O=C(Nc1n[nH]c2cc(C(=O)O)sc12)c1ccc(OC(F)(F)F)cc1. The Kier molecular flexibility index (Phi) is 4.08. The minimum Gasteiger partial charge on any atom is -0.477 e. The second-order valence-corrected chi connectivity index (χ2v) is 5.81. The fourth-order valence-electron chi connectivity index (χ4n) is 1.99. The van der Waals surface area contributed by atoms with Crippen LogP contribution in [-0.2, 0) is 0 Å². The third-order valence-electron chi connectivity index (χ3n) is 3.03. The molecule has 0 aliphatic heterocycles. The summed E-state index contributed by atoms with van der Waals surface area (Å²) in [5, 5.41) is 17.9. The number of aromatic carboxylic acids is 1. The standard InChI is InChI=1S/C14H8F3N3O4S/c15-14(16,17)24-7-3-1-6(2-4-7)12(21)18-11-10-8(19-20-11)5-9(25-10)13(22)23/h1-5H,(H,22,23)(H2,18,19,20,21). The van der Waals surface area contributed by atoms with E-state index in [4.69, 9.17) is 5.11 Å². The number of amides is 1. The third kappa shape index (κ3) is 3.71. The second kappa shape index (κ2) is 6.09. The molecule has 11 heteroatoms. The van der Waals surface area contributed by atoms with Crippen molar-refractivity contribution in [2.24, 2.45) is 0 Å². The van der Waals surface area contributed by atoms with Crippen LogP contribution in [0.25, 0.3) is 10.2 Å². The highest BCUT2D eigenvalue weighted by Gasteiger charge is 2.31. The van der Waals surface area contributed by atoms with E-state index in [1.54, 1.807) is 0 Å². The predicted octanol–water partition coefficient (Wildman–Crippen LogP) is 3.47. The number of anilines is 1. The second-order valence-electron chi connectivity index (χ2n) is 4.76. The number of thiophene rings is 1. The summed E-state index contributed by atoms with van der Waals surface area (Å²) in [6.07, 6.45) is -4.81. The average molecular weight is 371 g/mol. The van der Waals surface area contributed by atoms with Crippen LogP contribution in [-0.4, -0.2) is 33.5 Å². The highest BCUT2D eigenvalue weighted by Crippen LogP contribution is 2.30. The number of carbonyl (C=O) groups excluding carboxylic acids is 1. The number of aromatic nitrogens is 2. The van der Waals surface area contributed by atoms with E-state index >= 15 is 0 Å². The van der Waals surface area contributed by atoms with Gasteiger partial charge in [-0.1, -0.05) is 0 Å². The van der Waals surface area contributed by atoms with E-state index < -0.39 is 24.0 Å². The largest absolute Gasteiger partial charge is 0.573 e. The van der Waals surface area contributed by atoms with Gasteiger partial charge in [-0.25, -0.2) is 4.79 Å². The molecule has 0 aliphatic rings. The Balaban J connectivity index is 1.77. The van der Waals surface area contributed by atoms with Crippen LogP contribution >= 0.6 is 11.3 Å². The summed E-state index contributed by atoms with van der Waals surface area (Å²) in [5.41, 5.74) is 0.535. The number of aromatic amines is 1. The Morgan fingerprint density at radius 1 is 1.24 bits per heavy atom. The molecule has 0 fully saturated rings. The topological polar surface area (TPSA) is 104 Å². The fraction of sp³-hybridized carbons (Fsp3) is 0.0714. The van der Waals surface area contributed by atoms with Crippen molar-refractivity contribution in [2.75, 3.05) is 5.32 Å². The van der Waals surface area contributed by atoms with Gasteiger partial charge in [-0.15, -0.1) is 24.5 Å². The maximum atomic E-state index is 12.2. The average Bonchev–Trinajstić information content (AvgIpc) is 3.08. The summed E-state index contributed by atoms with van der Waals surface area (Å²) in [6, 6.07) is 5.73. The van der Waals surface area contributed by atoms with Crippen LogP contribution in [0, 0.1) is 0 Å². The molecule has 2 heterocycles. The Hall–Kier alpha value is -3.08. The maximum absolute atomic E-state index is 12.2. The number of carboxylic acid groups (broad SMARTS) is 1. The molecule has 1 amide bonds. The third-order valence-corrected chi connectivity index (χ3v) is 4.16. The summed E-state index contributed by atoms with van der Waals surface area (Å²) >= 11 is 0.932. The molecule has 25 heavy (non-hydrogen) atoms. The molecular formula is C14H8F3N3O4S. The number of carbonyl (C=O) groups is 2. The molecule has 7 nitrogen and oxygen atoms in total. The highest BCUT2D eigenvalue weighted by atomic mass is 32.1. The monoisotopic (exact) mass is 371 g/mol. The van der Waals surface area contributed by atoms with Gasteiger partial charge in [0.15, 0.2) is 5.82 Å². The number of carboxylic acids is 1. The van der Waals surface area contributed by atoms with Gasteiger partial charge in [0.1, 0.15) is 10.6 Å². The van der Waals surface area contributed by atoms with Gasteiger partial charge in [0.05, 0.1) is 10.2 Å². The molecule has 0 radical (unpaired) electrons. The van der Waals surface area contributed by atoms with Crippen LogP contribution < -0.4 is 10.1 Å². The van der Waals surface area contributed by atoms with Gasteiger partial charge in [0.2, 0.25) is 0 Å². The highest BCUT2D eigenvalue weighted by molar-refractivity contribution is 7.21. The summed E-state index contributed by atoms with van der Waals surface area (Å²) in [6.45, 7) is 0. The normalized spacial score (nSPS) is 11.5. The predicted molar refractivity (Wildman–Crippen MR) is 82.0 cm³/mol. The number of alkyl halides is 3. The Morgan fingerprint density at radius 3 is 2.52 bits per heavy atom. The van der Waals surface area contributed by atoms with E-state index in [0.717, 1.165) is 35.6 Å². The van der Waals surface area contributed by atoms with Crippen LogP contribution in [0.3, 0.4) is 0 Å². The van der Waals surface area contributed by atoms with Crippen LogP contribution in [0.5, 0.6) is 5.75 Å². The van der Waals surface area contributed by atoms with Gasteiger partial charge in [-0.3, -0.25) is 9.89 Å². The smallest absolute Gasteiger partial charge is 0.477 e. The number of nitrogens with one attached hydrogen (secondary N) is 2. The van der Waals surface area contributed by atoms with Crippen molar-refractivity contribution in [3.05, 3.63) is 40.8 Å². The number of halogens is 3. The number of H-pyrrole nitrogens is 1. The van der Waals surface area contributed by atoms with E-state index in [9.17, 15) is 22.8 Å². The molecule has 0 saturated heterocycles.